The second kappa shape index (κ2) is 1.99. The van der Waals surface area contributed by atoms with Crippen LogP contribution in [-0.2, 0) is 0 Å². The minimum absolute atomic E-state index is 0.0926. The van der Waals surface area contributed by atoms with E-state index in [1.54, 1.807) is 6.92 Å². The average molecular weight is 119 g/mol. The summed E-state index contributed by atoms with van der Waals surface area (Å²) in [6.07, 6.45) is 0.117. The Morgan fingerprint density at radius 2 is 2.38 bits per heavy atom. The van der Waals surface area contributed by atoms with Crippen LogP contribution in [0, 0.1) is 0 Å². The molecule has 1 aliphatic heterocycles. The minimum Gasteiger partial charge on any atom is -0.392 e. The third kappa shape index (κ3) is 0.980. The van der Waals surface area contributed by atoms with Gasteiger partial charge in [0.2, 0.25) is 0 Å². The van der Waals surface area contributed by atoms with E-state index in [-0.39, 0.29) is 12.6 Å². The Hall–Kier alpha value is -0.150. The maximum absolute atomic E-state index is 12.2. The lowest BCUT2D eigenvalue weighted by Gasteiger charge is -2.05. The zero-order chi connectivity index (χ0) is 6.15. The summed E-state index contributed by atoms with van der Waals surface area (Å²) in [6, 6.07) is -0.0926. The standard InChI is InChI=1S/C5H10FNO/c1-4-2-5(8)3-7(4)6/h4-5,8H,2-3H2,1H3. The summed E-state index contributed by atoms with van der Waals surface area (Å²) < 4.78 is 12.2. The summed E-state index contributed by atoms with van der Waals surface area (Å²) in [5.74, 6) is 0. The van der Waals surface area contributed by atoms with Crippen LogP contribution < -0.4 is 0 Å². The van der Waals surface area contributed by atoms with Gasteiger partial charge in [0.05, 0.1) is 12.6 Å². The molecule has 0 amide bonds. The van der Waals surface area contributed by atoms with Gasteiger partial charge < -0.3 is 5.11 Å². The van der Waals surface area contributed by atoms with Crippen LogP contribution in [0.1, 0.15) is 13.3 Å². The van der Waals surface area contributed by atoms with Gasteiger partial charge in [-0.1, -0.05) is 0 Å². The van der Waals surface area contributed by atoms with E-state index in [0.29, 0.717) is 11.5 Å². The predicted octanol–water partition coefficient (Wildman–Crippen LogP) is 0.326. The maximum Gasteiger partial charge on any atom is 0.0709 e. The lowest BCUT2D eigenvalue weighted by molar-refractivity contribution is 0.00879. The molecule has 8 heavy (non-hydrogen) atoms. The third-order valence-corrected chi connectivity index (χ3v) is 1.48. The Balaban J connectivity index is 2.39. The molecule has 1 fully saturated rings. The van der Waals surface area contributed by atoms with Gasteiger partial charge in [0.15, 0.2) is 0 Å². The van der Waals surface area contributed by atoms with Crippen LogP contribution in [0.25, 0.3) is 0 Å². The van der Waals surface area contributed by atoms with Crippen LogP contribution >= 0.6 is 0 Å². The van der Waals surface area contributed by atoms with Gasteiger partial charge in [-0.3, -0.25) is 0 Å². The molecule has 0 saturated carbocycles. The molecule has 2 unspecified atom stereocenters. The van der Waals surface area contributed by atoms with Crippen LogP contribution in [0.15, 0.2) is 0 Å². The molecule has 0 bridgehead atoms. The monoisotopic (exact) mass is 119 g/mol. The van der Waals surface area contributed by atoms with E-state index in [1.807, 2.05) is 0 Å². The van der Waals surface area contributed by atoms with Crippen molar-refractivity contribution in [1.29, 1.82) is 0 Å². The molecule has 0 aliphatic carbocycles. The summed E-state index contributed by atoms with van der Waals surface area (Å²) in [5, 5.41) is 9.46. The van der Waals surface area contributed by atoms with Crippen molar-refractivity contribution in [2.45, 2.75) is 25.5 Å². The highest BCUT2D eigenvalue weighted by Crippen LogP contribution is 2.16. The van der Waals surface area contributed by atoms with Gasteiger partial charge in [-0.25, -0.2) is 0 Å². The molecule has 2 atom stereocenters. The Morgan fingerprint density at radius 3 is 2.50 bits per heavy atom. The molecular formula is C5H10FNO. The summed E-state index contributed by atoms with van der Waals surface area (Å²) in [5.41, 5.74) is 0. The van der Waals surface area contributed by atoms with Crippen LogP contribution in [0.5, 0.6) is 0 Å². The first-order valence-corrected chi connectivity index (χ1v) is 2.80. The smallest absolute Gasteiger partial charge is 0.0709 e. The number of aliphatic hydroxyl groups is 1. The normalized spacial score (nSPS) is 40.9. The molecule has 1 N–H and O–H groups in total. The van der Waals surface area contributed by atoms with E-state index < -0.39 is 6.10 Å². The summed E-state index contributed by atoms with van der Waals surface area (Å²) in [6.45, 7) is 1.94. The second-order valence-corrected chi connectivity index (χ2v) is 2.32. The van der Waals surface area contributed by atoms with Crippen molar-refractivity contribution in [2.24, 2.45) is 0 Å². The Labute approximate surface area is 47.8 Å². The van der Waals surface area contributed by atoms with E-state index in [2.05, 4.69) is 0 Å². The fourth-order valence-electron chi connectivity index (χ4n) is 0.964. The third-order valence-electron chi connectivity index (χ3n) is 1.48. The lowest BCUT2D eigenvalue weighted by atomic mass is 10.2. The van der Waals surface area contributed by atoms with E-state index in [9.17, 15) is 4.48 Å². The first-order valence-electron chi connectivity index (χ1n) is 2.80. The summed E-state index contributed by atoms with van der Waals surface area (Å²) in [4.78, 5) is 0. The number of hydrogen-bond acceptors (Lipinski definition) is 2. The van der Waals surface area contributed by atoms with Gasteiger partial charge in [0.1, 0.15) is 0 Å². The Morgan fingerprint density at radius 1 is 1.75 bits per heavy atom. The van der Waals surface area contributed by atoms with Crippen molar-refractivity contribution in [2.75, 3.05) is 6.54 Å². The second-order valence-electron chi connectivity index (χ2n) is 2.32. The van der Waals surface area contributed by atoms with Gasteiger partial charge >= 0.3 is 0 Å². The highest BCUT2D eigenvalue weighted by molar-refractivity contribution is 4.75. The van der Waals surface area contributed by atoms with Gasteiger partial charge in [-0.05, 0) is 13.3 Å². The molecule has 1 aliphatic rings. The van der Waals surface area contributed by atoms with E-state index in [1.165, 1.54) is 0 Å². The number of β-amino-alcohol motifs (C(OH)–C–C–N with tert-alkyl or cyclic N) is 1. The van der Waals surface area contributed by atoms with Crippen LogP contribution in [0.4, 0.5) is 4.48 Å². The topological polar surface area (TPSA) is 23.5 Å². The molecule has 0 aromatic heterocycles. The van der Waals surface area contributed by atoms with Gasteiger partial charge in [0, 0.05) is 6.04 Å². The summed E-state index contributed by atoms with van der Waals surface area (Å²) in [7, 11) is 0. The zero-order valence-corrected chi connectivity index (χ0v) is 4.84. The number of rotatable bonds is 0. The zero-order valence-electron chi connectivity index (χ0n) is 4.84. The van der Waals surface area contributed by atoms with Crippen molar-refractivity contribution in [3.8, 4) is 0 Å². The number of aliphatic hydroxyl groups excluding tert-OH is 1. The molecule has 0 radical (unpaired) electrons. The first kappa shape index (κ1) is 5.98. The Kier molecular flexibility index (Phi) is 1.49. The molecule has 0 spiro atoms. The number of hydrogen-bond donors (Lipinski definition) is 1. The lowest BCUT2D eigenvalue weighted by Crippen LogP contribution is -2.17. The molecule has 3 heteroatoms. The molecular weight excluding hydrogens is 109 g/mol. The van der Waals surface area contributed by atoms with Crippen LogP contribution in [0.3, 0.4) is 0 Å². The van der Waals surface area contributed by atoms with Gasteiger partial charge in [-0.2, -0.15) is 0 Å². The SMILES string of the molecule is CC1CC(O)CN1F. The van der Waals surface area contributed by atoms with E-state index in [4.69, 9.17) is 5.11 Å². The molecule has 48 valence electrons. The van der Waals surface area contributed by atoms with Crippen LogP contribution in [0.2, 0.25) is 0 Å². The Bertz CT molecular complexity index is 78.5. The van der Waals surface area contributed by atoms with Gasteiger partial charge in [-0.15, -0.1) is 9.60 Å². The number of halogens is 1. The molecule has 1 rings (SSSR count). The van der Waals surface area contributed by atoms with Crippen molar-refractivity contribution >= 4 is 0 Å². The summed E-state index contributed by atoms with van der Waals surface area (Å²) >= 11 is 0. The van der Waals surface area contributed by atoms with Crippen molar-refractivity contribution < 1.29 is 9.59 Å². The van der Waals surface area contributed by atoms with Crippen molar-refractivity contribution in [3.05, 3.63) is 0 Å². The molecule has 1 heterocycles. The van der Waals surface area contributed by atoms with E-state index >= 15 is 0 Å². The molecule has 0 aromatic rings. The van der Waals surface area contributed by atoms with Gasteiger partial charge in [0.25, 0.3) is 0 Å². The fourth-order valence-corrected chi connectivity index (χ4v) is 0.964. The fraction of sp³-hybridized carbons (Fsp3) is 1.00. The predicted molar refractivity (Wildman–Crippen MR) is 27.9 cm³/mol. The number of nitrogens with zero attached hydrogens (tertiary/aromatic N) is 1. The molecule has 2 nitrogen and oxygen atoms in total. The first-order chi connectivity index (χ1) is 3.70. The van der Waals surface area contributed by atoms with Crippen LogP contribution in [-0.4, -0.2) is 28.9 Å². The largest absolute Gasteiger partial charge is 0.392 e. The van der Waals surface area contributed by atoms with E-state index in [0.717, 1.165) is 0 Å². The maximum atomic E-state index is 12.2. The van der Waals surface area contributed by atoms with Crippen molar-refractivity contribution in [3.63, 3.8) is 0 Å². The molecule has 0 aromatic carbocycles. The average Bonchev–Trinajstić information content (AvgIpc) is 1.85. The van der Waals surface area contributed by atoms with Crippen molar-refractivity contribution in [1.82, 2.24) is 5.12 Å². The quantitative estimate of drug-likeness (QED) is 0.464. The highest BCUT2D eigenvalue weighted by Gasteiger charge is 2.26. The minimum atomic E-state index is -0.449. The molecule has 1 saturated heterocycles. The highest BCUT2D eigenvalue weighted by atomic mass is 19.2.